The minimum Gasteiger partial charge on any atom is -0.495 e. The minimum atomic E-state index is 0.0275. The molecule has 0 bridgehead atoms. The molecule has 0 aromatic heterocycles. The van der Waals surface area contributed by atoms with E-state index in [0.717, 1.165) is 37.6 Å². The van der Waals surface area contributed by atoms with E-state index in [2.05, 4.69) is 16.3 Å². The summed E-state index contributed by atoms with van der Waals surface area (Å²) < 4.78 is 5.39. The van der Waals surface area contributed by atoms with Crippen LogP contribution in [-0.2, 0) is 0 Å². The molecule has 5 nitrogen and oxygen atoms in total. The highest BCUT2D eigenvalue weighted by Crippen LogP contribution is 2.28. The number of nitrogens with one attached hydrogen (secondary N) is 1. The smallest absolute Gasteiger partial charge is 0.317 e. The third-order valence-corrected chi connectivity index (χ3v) is 3.40. The minimum absolute atomic E-state index is 0.0275. The Morgan fingerprint density at radius 2 is 1.85 bits per heavy atom. The third-order valence-electron chi connectivity index (χ3n) is 3.40. The molecule has 0 saturated carbocycles. The highest BCUT2D eigenvalue weighted by molar-refractivity contribution is 5.75. The molecule has 2 rings (SSSR count). The molecule has 2 amide bonds. The molecule has 1 saturated heterocycles. The SMILES string of the molecule is COc1ccccc1N1CCN(C(=O)NC(C)C)CC1. The van der Waals surface area contributed by atoms with Crippen LogP contribution in [0.3, 0.4) is 0 Å². The van der Waals surface area contributed by atoms with E-state index in [1.807, 2.05) is 36.9 Å². The Morgan fingerprint density at radius 3 is 2.45 bits per heavy atom. The Bertz CT molecular complexity index is 454. The highest BCUT2D eigenvalue weighted by Gasteiger charge is 2.22. The highest BCUT2D eigenvalue weighted by atomic mass is 16.5. The number of anilines is 1. The van der Waals surface area contributed by atoms with Crippen molar-refractivity contribution in [3.05, 3.63) is 24.3 Å². The van der Waals surface area contributed by atoms with Crippen molar-refractivity contribution in [2.45, 2.75) is 19.9 Å². The molecule has 1 N–H and O–H groups in total. The van der Waals surface area contributed by atoms with Crippen molar-refractivity contribution in [3.8, 4) is 5.75 Å². The maximum absolute atomic E-state index is 11.9. The van der Waals surface area contributed by atoms with Crippen molar-refractivity contribution in [2.24, 2.45) is 0 Å². The largest absolute Gasteiger partial charge is 0.495 e. The molecule has 1 aromatic carbocycles. The van der Waals surface area contributed by atoms with E-state index in [9.17, 15) is 4.79 Å². The van der Waals surface area contributed by atoms with E-state index >= 15 is 0 Å². The van der Waals surface area contributed by atoms with Gasteiger partial charge in [-0.15, -0.1) is 0 Å². The van der Waals surface area contributed by atoms with Gasteiger partial charge in [-0.2, -0.15) is 0 Å². The first kappa shape index (κ1) is 14.5. The van der Waals surface area contributed by atoms with Crippen molar-refractivity contribution in [2.75, 3.05) is 38.2 Å². The molecule has 0 unspecified atom stereocenters. The fraction of sp³-hybridized carbons (Fsp3) is 0.533. The molecule has 0 spiro atoms. The number of ether oxygens (including phenoxy) is 1. The Labute approximate surface area is 120 Å². The number of piperazine rings is 1. The number of rotatable bonds is 3. The second-order valence-electron chi connectivity index (χ2n) is 5.25. The summed E-state index contributed by atoms with van der Waals surface area (Å²) in [6.45, 7) is 7.07. The number of hydrogen-bond donors (Lipinski definition) is 1. The lowest BCUT2D eigenvalue weighted by atomic mass is 10.2. The average molecular weight is 277 g/mol. The Balaban J connectivity index is 1.96. The fourth-order valence-corrected chi connectivity index (χ4v) is 2.38. The topological polar surface area (TPSA) is 44.8 Å². The first-order chi connectivity index (χ1) is 9.61. The molecule has 110 valence electrons. The van der Waals surface area contributed by atoms with E-state index in [1.165, 1.54) is 0 Å². The predicted molar refractivity (Wildman–Crippen MR) is 80.4 cm³/mol. The van der Waals surface area contributed by atoms with E-state index in [1.54, 1.807) is 7.11 Å². The summed E-state index contributed by atoms with van der Waals surface area (Å²) in [5, 5.41) is 2.93. The Kier molecular flexibility index (Phi) is 4.71. The fourth-order valence-electron chi connectivity index (χ4n) is 2.38. The van der Waals surface area contributed by atoms with Gasteiger partial charge in [-0.1, -0.05) is 12.1 Å². The van der Waals surface area contributed by atoms with Crippen LogP contribution in [0, 0.1) is 0 Å². The molecule has 1 aromatic rings. The lowest BCUT2D eigenvalue weighted by Gasteiger charge is -2.36. The zero-order chi connectivity index (χ0) is 14.5. The van der Waals surface area contributed by atoms with Crippen LogP contribution < -0.4 is 15.0 Å². The Morgan fingerprint density at radius 1 is 1.20 bits per heavy atom. The first-order valence-corrected chi connectivity index (χ1v) is 7.05. The number of hydrogen-bond acceptors (Lipinski definition) is 3. The number of para-hydroxylation sites is 2. The molecule has 0 aliphatic carbocycles. The molecule has 20 heavy (non-hydrogen) atoms. The number of amides is 2. The van der Waals surface area contributed by atoms with Gasteiger partial charge in [0.25, 0.3) is 0 Å². The van der Waals surface area contributed by atoms with Crippen molar-refractivity contribution < 1.29 is 9.53 Å². The number of carbonyl (C=O) groups is 1. The van der Waals surface area contributed by atoms with Gasteiger partial charge in [0.1, 0.15) is 5.75 Å². The molecule has 1 fully saturated rings. The standard InChI is InChI=1S/C15H23N3O2/c1-12(2)16-15(19)18-10-8-17(9-11-18)13-6-4-5-7-14(13)20-3/h4-7,12H,8-11H2,1-3H3,(H,16,19). The molecule has 5 heteroatoms. The van der Waals surface area contributed by atoms with E-state index < -0.39 is 0 Å². The zero-order valence-corrected chi connectivity index (χ0v) is 12.4. The van der Waals surface area contributed by atoms with Crippen molar-refractivity contribution in [3.63, 3.8) is 0 Å². The summed E-state index contributed by atoms with van der Waals surface area (Å²) in [5.74, 6) is 0.882. The molecular formula is C15H23N3O2. The monoisotopic (exact) mass is 277 g/mol. The summed E-state index contributed by atoms with van der Waals surface area (Å²) in [6.07, 6.45) is 0. The Hall–Kier alpha value is -1.91. The lowest BCUT2D eigenvalue weighted by Crippen LogP contribution is -2.53. The van der Waals surface area contributed by atoms with Crippen LogP contribution in [-0.4, -0.2) is 50.3 Å². The van der Waals surface area contributed by atoms with Crippen molar-refractivity contribution >= 4 is 11.7 Å². The molecule has 1 aliphatic heterocycles. The van der Waals surface area contributed by atoms with Gasteiger partial charge < -0.3 is 19.9 Å². The van der Waals surface area contributed by atoms with Crippen LogP contribution in [0.15, 0.2) is 24.3 Å². The predicted octanol–water partition coefficient (Wildman–Crippen LogP) is 1.94. The van der Waals surface area contributed by atoms with Crippen LogP contribution in [0.5, 0.6) is 5.75 Å². The molecular weight excluding hydrogens is 254 g/mol. The number of benzene rings is 1. The summed E-state index contributed by atoms with van der Waals surface area (Å²) in [7, 11) is 1.69. The van der Waals surface area contributed by atoms with Gasteiger partial charge in [0.2, 0.25) is 0 Å². The van der Waals surface area contributed by atoms with Crippen molar-refractivity contribution in [1.29, 1.82) is 0 Å². The number of urea groups is 1. The molecule has 1 aliphatic rings. The lowest BCUT2D eigenvalue weighted by molar-refractivity contribution is 0.192. The molecule has 0 radical (unpaired) electrons. The zero-order valence-electron chi connectivity index (χ0n) is 12.4. The number of carbonyl (C=O) groups excluding carboxylic acids is 1. The van der Waals surface area contributed by atoms with Gasteiger partial charge in [0.05, 0.1) is 12.8 Å². The van der Waals surface area contributed by atoms with Crippen LogP contribution in [0.2, 0.25) is 0 Å². The van der Waals surface area contributed by atoms with Crippen LogP contribution in [0.25, 0.3) is 0 Å². The third kappa shape index (κ3) is 3.35. The van der Waals surface area contributed by atoms with E-state index in [0.29, 0.717) is 0 Å². The van der Waals surface area contributed by atoms with Gasteiger partial charge in [-0.25, -0.2) is 4.79 Å². The maximum Gasteiger partial charge on any atom is 0.317 e. The van der Waals surface area contributed by atoms with Crippen LogP contribution >= 0.6 is 0 Å². The average Bonchev–Trinajstić information content (AvgIpc) is 2.46. The van der Waals surface area contributed by atoms with E-state index in [-0.39, 0.29) is 12.1 Å². The maximum atomic E-state index is 11.9. The second-order valence-corrected chi connectivity index (χ2v) is 5.25. The second kappa shape index (κ2) is 6.50. The van der Waals surface area contributed by atoms with Gasteiger partial charge in [0, 0.05) is 32.2 Å². The number of methoxy groups -OCH3 is 1. The normalized spacial score (nSPS) is 15.4. The van der Waals surface area contributed by atoms with Gasteiger partial charge in [0.15, 0.2) is 0 Å². The number of nitrogens with zero attached hydrogens (tertiary/aromatic N) is 2. The van der Waals surface area contributed by atoms with Crippen LogP contribution in [0.1, 0.15) is 13.8 Å². The van der Waals surface area contributed by atoms with Crippen molar-refractivity contribution in [1.82, 2.24) is 10.2 Å². The summed E-state index contributed by atoms with van der Waals surface area (Å²) in [6, 6.07) is 8.20. The quantitative estimate of drug-likeness (QED) is 0.918. The van der Waals surface area contributed by atoms with Gasteiger partial charge in [-0.3, -0.25) is 0 Å². The first-order valence-electron chi connectivity index (χ1n) is 7.05. The van der Waals surface area contributed by atoms with Gasteiger partial charge in [-0.05, 0) is 26.0 Å². The van der Waals surface area contributed by atoms with Crippen LogP contribution in [0.4, 0.5) is 10.5 Å². The molecule has 1 heterocycles. The molecule has 0 atom stereocenters. The summed E-state index contributed by atoms with van der Waals surface area (Å²) in [5.41, 5.74) is 1.10. The summed E-state index contributed by atoms with van der Waals surface area (Å²) >= 11 is 0. The van der Waals surface area contributed by atoms with E-state index in [4.69, 9.17) is 4.74 Å². The summed E-state index contributed by atoms with van der Waals surface area (Å²) in [4.78, 5) is 16.1. The van der Waals surface area contributed by atoms with Gasteiger partial charge >= 0.3 is 6.03 Å².